The molecule has 0 spiro atoms. The SMILES string of the molecule is Cn1ccc(Cn2ccccc2=O)n1. The molecule has 14 heavy (non-hydrogen) atoms. The number of aromatic nitrogens is 3. The number of pyridine rings is 1. The van der Waals surface area contributed by atoms with Crippen molar-refractivity contribution in [2.24, 2.45) is 7.05 Å². The maximum atomic E-state index is 11.4. The van der Waals surface area contributed by atoms with E-state index < -0.39 is 0 Å². The predicted octanol–water partition coefficient (Wildman–Crippen LogP) is 0.630. The topological polar surface area (TPSA) is 39.8 Å². The molecular formula is C10H11N3O. The van der Waals surface area contributed by atoms with Crippen molar-refractivity contribution in [1.82, 2.24) is 14.3 Å². The molecule has 4 nitrogen and oxygen atoms in total. The predicted molar refractivity (Wildman–Crippen MR) is 53.0 cm³/mol. The Morgan fingerprint density at radius 1 is 1.29 bits per heavy atom. The third-order valence-corrected chi connectivity index (χ3v) is 2.00. The average Bonchev–Trinajstić information content (AvgIpc) is 2.56. The van der Waals surface area contributed by atoms with Gasteiger partial charge in [-0.15, -0.1) is 0 Å². The van der Waals surface area contributed by atoms with Gasteiger partial charge in [0.05, 0.1) is 12.2 Å². The molecule has 0 amide bonds. The summed E-state index contributed by atoms with van der Waals surface area (Å²) < 4.78 is 3.35. The highest BCUT2D eigenvalue weighted by Gasteiger charge is 1.98. The molecule has 0 unspecified atom stereocenters. The van der Waals surface area contributed by atoms with Gasteiger partial charge in [-0.3, -0.25) is 9.48 Å². The lowest BCUT2D eigenvalue weighted by molar-refractivity contribution is 0.692. The van der Waals surface area contributed by atoms with E-state index in [1.807, 2.05) is 25.4 Å². The van der Waals surface area contributed by atoms with E-state index in [0.29, 0.717) is 6.54 Å². The normalized spacial score (nSPS) is 10.4. The summed E-state index contributed by atoms with van der Waals surface area (Å²) >= 11 is 0. The second kappa shape index (κ2) is 3.49. The van der Waals surface area contributed by atoms with Crippen LogP contribution in [0.3, 0.4) is 0 Å². The molecule has 0 aliphatic heterocycles. The summed E-state index contributed by atoms with van der Waals surface area (Å²) in [5.41, 5.74) is 0.888. The first-order valence-corrected chi connectivity index (χ1v) is 4.40. The van der Waals surface area contributed by atoms with Crippen LogP contribution in [0.15, 0.2) is 41.5 Å². The van der Waals surface area contributed by atoms with Crippen molar-refractivity contribution >= 4 is 0 Å². The molecule has 0 N–H and O–H groups in total. The smallest absolute Gasteiger partial charge is 0.250 e. The van der Waals surface area contributed by atoms with Crippen molar-refractivity contribution in [3.63, 3.8) is 0 Å². The molecule has 0 saturated heterocycles. The molecule has 0 fully saturated rings. The number of aryl methyl sites for hydroxylation is 1. The van der Waals surface area contributed by atoms with E-state index >= 15 is 0 Å². The highest BCUT2D eigenvalue weighted by atomic mass is 16.1. The highest BCUT2D eigenvalue weighted by molar-refractivity contribution is 5.02. The number of rotatable bonds is 2. The van der Waals surface area contributed by atoms with Gasteiger partial charge < -0.3 is 4.57 Å². The van der Waals surface area contributed by atoms with Crippen LogP contribution in [0.4, 0.5) is 0 Å². The van der Waals surface area contributed by atoms with Crippen LogP contribution in [-0.2, 0) is 13.6 Å². The summed E-state index contributed by atoms with van der Waals surface area (Å²) in [6.45, 7) is 0.528. The largest absolute Gasteiger partial charge is 0.309 e. The van der Waals surface area contributed by atoms with E-state index in [-0.39, 0.29) is 5.56 Å². The molecule has 72 valence electrons. The minimum Gasteiger partial charge on any atom is -0.309 e. The Balaban J connectivity index is 2.27. The lowest BCUT2D eigenvalue weighted by Gasteiger charge is -2.00. The van der Waals surface area contributed by atoms with Gasteiger partial charge in [-0.05, 0) is 12.1 Å². The molecule has 2 heterocycles. The van der Waals surface area contributed by atoms with Gasteiger partial charge in [-0.25, -0.2) is 0 Å². The van der Waals surface area contributed by atoms with Gasteiger partial charge in [0.25, 0.3) is 5.56 Å². The van der Waals surface area contributed by atoms with Crippen molar-refractivity contribution in [3.05, 3.63) is 52.7 Å². The van der Waals surface area contributed by atoms with E-state index in [9.17, 15) is 4.79 Å². The third-order valence-electron chi connectivity index (χ3n) is 2.00. The summed E-state index contributed by atoms with van der Waals surface area (Å²) in [5.74, 6) is 0. The molecule has 0 saturated carbocycles. The van der Waals surface area contributed by atoms with Crippen LogP contribution in [0.25, 0.3) is 0 Å². The lowest BCUT2D eigenvalue weighted by atomic mass is 10.4. The van der Waals surface area contributed by atoms with E-state index in [2.05, 4.69) is 5.10 Å². The van der Waals surface area contributed by atoms with E-state index in [1.165, 1.54) is 0 Å². The monoisotopic (exact) mass is 189 g/mol. The number of nitrogens with zero attached hydrogens (tertiary/aromatic N) is 3. The van der Waals surface area contributed by atoms with Crippen LogP contribution < -0.4 is 5.56 Å². The van der Waals surface area contributed by atoms with Gasteiger partial charge in [-0.1, -0.05) is 6.07 Å². The summed E-state index contributed by atoms with van der Waals surface area (Å²) in [4.78, 5) is 11.4. The van der Waals surface area contributed by atoms with Gasteiger partial charge in [0.1, 0.15) is 0 Å². The van der Waals surface area contributed by atoms with E-state index in [0.717, 1.165) is 5.69 Å². The quantitative estimate of drug-likeness (QED) is 0.695. The Bertz CT molecular complexity index is 484. The Kier molecular flexibility index (Phi) is 2.18. The van der Waals surface area contributed by atoms with E-state index in [1.54, 1.807) is 27.6 Å². The minimum atomic E-state index is -0.00171. The van der Waals surface area contributed by atoms with Crippen LogP contribution in [0.2, 0.25) is 0 Å². The zero-order chi connectivity index (χ0) is 9.97. The number of hydrogen-bond acceptors (Lipinski definition) is 2. The van der Waals surface area contributed by atoms with Gasteiger partial charge in [-0.2, -0.15) is 5.10 Å². The fraction of sp³-hybridized carbons (Fsp3) is 0.200. The summed E-state index contributed by atoms with van der Waals surface area (Å²) in [6, 6.07) is 7.02. The fourth-order valence-electron chi connectivity index (χ4n) is 1.31. The van der Waals surface area contributed by atoms with Crippen molar-refractivity contribution in [2.75, 3.05) is 0 Å². The molecule has 0 aliphatic rings. The Hall–Kier alpha value is -1.84. The molecule has 0 radical (unpaired) electrons. The molecule has 0 atom stereocenters. The van der Waals surface area contributed by atoms with Crippen molar-refractivity contribution in [2.45, 2.75) is 6.54 Å². The second-order valence-corrected chi connectivity index (χ2v) is 3.15. The zero-order valence-electron chi connectivity index (χ0n) is 7.92. The molecule has 2 aromatic heterocycles. The van der Waals surface area contributed by atoms with Crippen molar-refractivity contribution < 1.29 is 0 Å². The Labute approximate surface area is 81.4 Å². The number of hydrogen-bond donors (Lipinski definition) is 0. The van der Waals surface area contributed by atoms with Crippen LogP contribution >= 0.6 is 0 Å². The molecule has 2 aromatic rings. The fourth-order valence-corrected chi connectivity index (χ4v) is 1.31. The summed E-state index contributed by atoms with van der Waals surface area (Å²) in [7, 11) is 1.86. The average molecular weight is 189 g/mol. The Morgan fingerprint density at radius 3 is 2.79 bits per heavy atom. The molecular weight excluding hydrogens is 178 g/mol. The lowest BCUT2D eigenvalue weighted by Crippen LogP contribution is -2.18. The van der Waals surface area contributed by atoms with Gasteiger partial charge in [0, 0.05) is 25.5 Å². The molecule has 0 aromatic carbocycles. The van der Waals surface area contributed by atoms with Gasteiger partial charge in [0.2, 0.25) is 0 Å². The zero-order valence-corrected chi connectivity index (χ0v) is 7.92. The van der Waals surface area contributed by atoms with Crippen LogP contribution in [0.5, 0.6) is 0 Å². The van der Waals surface area contributed by atoms with Crippen LogP contribution in [0, 0.1) is 0 Å². The van der Waals surface area contributed by atoms with Gasteiger partial charge in [0.15, 0.2) is 0 Å². The molecule has 2 rings (SSSR count). The third kappa shape index (κ3) is 1.74. The molecule has 0 aliphatic carbocycles. The van der Waals surface area contributed by atoms with Crippen LogP contribution in [-0.4, -0.2) is 14.3 Å². The highest BCUT2D eigenvalue weighted by Crippen LogP contribution is 1.96. The first-order chi connectivity index (χ1) is 6.75. The Morgan fingerprint density at radius 2 is 2.14 bits per heavy atom. The molecule has 4 heteroatoms. The minimum absolute atomic E-state index is 0.00171. The summed E-state index contributed by atoms with van der Waals surface area (Å²) in [6.07, 6.45) is 3.63. The second-order valence-electron chi connectivity index (χ2n) is 3.15. The maximum absolute atomic E-state index is 11.4. The molecule has 0 bridgehead atoms. The van der Waals surface area contributed by atoms with Gasteiger partial charge >= 0.3 is 0 Å². The van der Waals surface area contributed by atoms with Crippen molar-refractivity contribution in [3.8, 4) is 0 Å². The van der Waals surface area contributed by atoms with E-state index in [4.69, 9.17) is 0 Å². The first kappa shape index (κ1) is 8.74. The summed E-state index contributed by atoms with van der Waals surface area (Å²) in [5, 5.41) is 4.20. The standard InChI is InChI=1S/C10H11N3O/c1-12-7-5-9(11-12)8-13-6-3-2-4-10(13)14/h2-7H,8H2,1H3. The first-order valence-electron chi connectivity index (χ1n) is 4.40. The van der Waals surface area contributed by atoms with Crippen LogP contribution in [0.1, 0.15) is 5.69 Å². The maximum Gasteiger partial charge on any atom is 0.250 e. The van der Waals surface area contributed by atoms with Crippen molar-refractivity contribution in [1.29, 1.82) is 0 Å².